The summed E-state index contributed by atoms with van der Waals surface area (Å²) in [6, 6.07) is 1.93. The van der Waals surface area contributed by atoms with E-state index in [-0.39, 0.29) is 5.78 Å². The van der Waals surface area contributed by atoms with Gasteiger partial charge in [-0.25, -0.2) is 9.67 Å². The van der Waals surface area contributed by atoms with Gasteiger partial charge in [-0.1, -0.05) is 6.92 Å². The van der Waals surface area contributed by atoms with Crippen molar-refractivity contribution in [2.24, 2.45) is 16.8 Å². The fourth-order valence-corrected chi connectivity index (χ4v) is 2.94. The van der Waals surface area contributed by atoms with E-state index in [1.165, 1.54) is 0 Å². The number of fused-ring (bicyclic) bond motifs is 1. The van der Waals surface area contributed by atoms with E-state index in [1.807, 2.05) is 13.0 Å². The maximum absolute atomic E-state index is 12.3. The van der Waals surface area contributed by atoms with Crippen LogP contribution in [0.15, 0.2) is 29.6 Å². The molecule has 1 aliphatic carbocycles. The van der Waals surface area contributed by atoms with Crippen molar-refractivity contribution in [2.75, 3.05) is 0 Å². The number of aromatic nitrogens is 3. The number of aliphatic imine (C=N–C) groups is 1. The van der Waals surface area contributed by atoms with E-state index >= 15 is 0 Å². The predicted octanol–water partition coefficient (Wildman–Crippen LogP) is 2.89. The second-order valence-electron chi connectivity index (χ2n) is 5.98. The second kappa shape index (κ2) is 4.35. The molecule has 2 aromatic rings. The number of carbonyl (C=O) groups is 1. The quantitative estimate of drug-likeness (QED) is 0.849. The fourth-order valence-electron chi connectivity index (χ4n) is 2.94. The van der Waals surface area contributed by atoms with Crippen LogP contribution in [0.25, 0.3) is 5.69 Å². The summed E-state index contributed by atoms with van der Waals surface area (Å²) < 4.78 is 1.74. The molecule has 0 aromatic carbocycles. The van der Waals surface area contributed by atoms with Gasteiger partial charge < -0.3 is 0 Å². The lowest BCUT2D eigenvalue weighted by Gasteiger charge is -2.14. The Morgan fingerprint density at radius 1 is 1.33 bits per heavy atom. The lowest BCUT2D eigenvalue weighted by atomic mass is 10.0. The number of ketones is 1. The smallest absolute Gasteiger partial charge is 0.173 e. The largest absolute Gasteiger partial charge is 0.294 e. The third-order valence-corrected chi connectivity index (χ3v) is 4.41. The van der Waals surface area contributed by atoms with Crippen molar-refractivity contribution in [1.29, 1.82) is 0 Å². The van der Waals surface area contributed by atoms with Crippen LogP contribution in [0.1, 0.15) is 35.7 Å². The van der Waals surface area contributed by atoms with Crippen molar-refractivity contribution in [3.05, 3.63) is 35.8 Å². The van der Waals surface area contributed by atoms with Crippen LogP contribution >= 0.6 is 0 Å². The maximum atomic E-state index is 12.3. The van der Waals surface area contributed by atoms with E-state index in [4.69, 9.17) is 4.99 Å². The number of aryl methyl sites for hydroxylation is 1. The molecule has 0 unspecified atom stereocenters. The van der Waals surface area contributed by atoms with Crippen LogP contribution in [-0.4, -0.2) is 26.3 Å². The van der Waals surface area contributed by atoms with Crippen LogP contribution in [0, 0.1) is 18.8 Å². The topological polar surface area (TPSA) is 60.1 Å². The molecular weight excluding hydrogens is 264 g/mol. The molecule has 4 rings (SSSR count). The summed E-state index contributed by atoms with van der Waals surface area (Å²) >= 11 is 0. The number of nitrogens with zero attached hydrogens (tertiary/aromatic N) is 4. The highest BCUT2D eigenvalue weighted by molar-refractivity contribution is 6.16. The van der Waals surface area contributed by atoms with Gasteiger partial charge >= 0.3 is 0 Å². The number of hydrogen-bond acceptors (Lipinski definition) is 4. The average Bonchev–Trinajstić information content (AvgIpc) is 3.04. The van der Waals surface area contributed by atoms with E-state index in [2.05, 4.69) is 17.0 Å². The van der Waals surface area contributed by atoms with Gasteiger partial charge in [0.15, 0.2) is 11.6 Å². The third kappa shape index (κ3) is 1.92. The lowest BCUT2D eigenvalue weighted by Crippen LogP contribution is -2.15. The minimum Gasteiger partial charge on any atom is -0.294 e. The Balaban J connectivity index is 1.85. The Kier molecular flexibility index (Phi) is 2.58. The van der Waals surface area contributed by atoms with Crippen molar-refractivity contribution < 1.29 is 4.79 Å². The summed E-state index contributed by atoms with van der Waals surface area (Å²) in [4.78, 5) is 21.2. The normalized spacial score (nSPS) is 23.7. The maximum Gasteiger partial charge on any atom is 0.173 e. The van der Waals surface area contributed by atoms with E-state index in [0.717, 1.165) is 23.4 Å². The summed E-state index contributed by atoms with van der Waals surface area (Å²) in [7, 11) is 0. The summed E-state index contributed by atoms with van der Waals surface area (Å²) in [5.41, 5.74) is 3.57. The first-order valence-corrected chi connectivity index (χ1v) is 7.25. The van der Waals surface area contributed by atoms with Crippen LogP contribution in [0.3, 0.4) is 0 Å². The molecular formula is C16H16N4O. The van der Waals surface area contributed by atoms with Gasteiger partial charge in [-0.05, 0) is 30.9 Å². The Labute approximate surface area is 122 Å². The number of hydrogen-bond donors (Lipinski definition) is 0. The molecule has 0 amide bonds. The van der Waals surface area contributed by atoms with Gasteiger partial charge in [0.2, 0.25) is 0 Å². The van der Waals surface area contributed by atoms with Gasteiger partial charge in [0.1, 0.15) is 0 Å². The number of pyridine rings is 1. The Morgan fingerprint density at radius 3 is 2.86 bits per heavy atom. The third-order valence-electron chi connectivity index (χ3n) is 4.41. The van der Waals surface area contributed by atoms with Crippen molar-refractivity contribution in [3.63, 3.8) is 0 Å². The minimum atomic E-state index is 0.127. The molecule has 2 aliphatic rings. The number of rotatable bonds is 2. The molecule has 0 radical (unpaired) electrons. The summed E-state index contributed by atoms with van der Waals surface area (Å²) in [6.45, 7) is 4.21. The van der Waals surface area contributed by atoms with Gasteiger partial charge in [0.05, 0.1) is 30.1 Å². The average molecular weight is 280 g/mol. The van der Waals surface area contributed by atoms with E-state index < -0.39 is 0 Å². The minimum absolute atomic E-state index is 0.127. The van der Waals surface area contributed by atoms with Crippen molar-refractivity contribution in [1.82, 2.24) is 14.8 Å². The van der Waals surface area contributed by atoms with Gasteiger partial charge in [-0.15, -0.1) is 0 Å². The zero-order valence-electron chi connectivity index (χ0n) is 12.1. The summed E-state index contributed by atoms with van der Waals surface area (Å²) in [6.07, 6.45) is 6.72. The van der Waals surface area contributed by atoms with Crippen molar-refractivity contribution in [3.8, 4) is 5.69 Å². The highest BCUT2D eigenvalue weighted by atomic mass is 16.1. The van der Waals surface area contributed by atoms with Crippen LogP contribution in [0.2, 0.25) is 0 Å². The molecule has 1 saturated carbocycles. The SMILES string of the molecule is Cc1ccncc1-n1ncc2c1N=C([C@H]1C[C@@H]1C)CC2=O. The molecule has 2 atom stereocenters. The first-order chi connectivity index (χ1) is 10.1. The molecule has 106 valence electrons. The molecule has 3 heterocycles. The molecule has 1 fully saturated rings. The second-order valence-corrected chi connectivity index (χ2v) is 5.98. The zero-order chi connectivity index (χ0) is 14.6. The molecule has 0 spiro atoms. The highest BCUT2D eigenvalue weighted by Gasteiger charge is 2.40. The Morgan fingerprint density at radius 2 is 2.14 bits per heavy atom. The van der Waals surface area contributed by atoms with Gasteiger partial charge in [0, 0.05) is 17.8 Å². The molecule has 5 heteroatoms. The lowest BCUT2D eigenvalue weighted by molar-refractivity contribution is 0.0999. The Bertz CT molecular complexity index is 774. The fraction of sp³-hybridized carbons (Fsp3) is 0.375. The molecule has 0 N–H and O–H groups in total. The zero-order valence-corrected chi connectivity index (χ0v) is 12.1. The molecule has 5 nitrogen and oxygen atoms in total. The van der Waals surface area contributed by atoms with E-state index in [1.54, 1.807) is 23.3 Å². The predicted molar refractivity (Wildman–Crippen MR) is 79.4 cm³/mol. The highest BCUT2D eigenvalue weighted by Crippen LogP contribution is 2.43. The summed E-state index contributed by atoms with van der Waals surface area (Å²) in [5, 5.41) is 4.36. The first kappa shape index (κ1) is 12.4. The molecule has 0 saturated heterocycles. The van der Waals surface area contributed by atoms with Crippen LogP contribution in [0.5, 0.6) is 0 Å². The van der Waals surface area contributed by atoms with Crippen molar-refractivity contribution in [2.45, 2.75) is 26.7 Å². The van der Waals surface area contributed by atoms with E-state index in [9.17, 15) is 4.79 Å². The number of carbonyl (C=O) groups excluding carboxylic acids is 1. The van der Waals surface area contributed by atoms with Gasteiger partial charge in [0.25, 0.3) is 0 Å². The Hall–Kier alpha value is -2.30. The van der Waals surface area contributed by atoms with Crippen LogP contribution < -0.4 is 0 Å². The van der Waals surface area contributed by atoms with E-state index in [0.29, 0.717) is 29.6 Å². The van der Waals surface area contributed by atoms with Gasteiger partial charge in [-0.2, -0.15) is 5.10 Å². The molecule has 21 heavy (non-hydrogen) atoms. The molecule has 0 bridgehead atoms. The van der Waals surface area contributed by atoms with Crippen LogP contribution in [0.4, 0.5) is 5.82 Å². The van der Waals surface area contributed by atoms with Crippen molar-refractivity contribution >= 4 is 17.3 Å². The molecule has 2 aromatic heterocycles. The molecule has 1 aliphatic heterocycles. The van der Waals surface area contributed by atoms with Crippen LogP contribution in [-0.2, 0) is 0 Å². The standard InChI is InChI=1S/C16H16N4O/c1-9-3-4-17-8-14(9)20-16-12(7-18-20)15(21)6-13(19-16)11-5-10(11)2/h3-4,7-8,10-11H,5-6H2,1-2H3/t10-,11-/m0/s1. The first-order valence-electron chi connectivity index (χ1n) is 7.25. The monoisotopic (exact) mass is 280 g/mol. The number of Topliss-reactive ketones (excluding diaryl/α,β-unsaturated/α-hetero) is 1. The summed E-state index contributed by atoms with van der Waals surface area (Å²) in [5.74, 6) is 1.91. The van der Waals surface area contributed by atoms with Gasteiger partial charge in [-0.3, -0.25) is 9.78 Å².